The van der Waals surface area contributed by atoms with Gasteiger partial charge in [-0.05, 0) is 38.5 Å². The normalized spacial score (nSPS) is 24.1. The molecule has 0 bridgehead atoms. The van der Waals surface area contributed by atoms with E-state index < -0.39 is 0 Å². The van der Waals surface area contributed by atoms with Gasteiger partial charge in [0.2, 0.25) is 0 Å². The minimum absolute atomic E-state index is 0.0152. The molecule has 2 saturated heterocycles. The summed E-state index contributed by atoms with van der Waals surface area (Å²) in [5, 5.41) is 1.22. The number of rotatable bonds is 4. The summed E-state index contributed by atoms with van der Waals surface area (Å²) < 4.78 is 10.8. The van der Waals surface area contributed by atoms with Crippen molar-refractivity contribution in [1.29, 1.82) is 0 Å². The molecule has 2 aliphatic heterocycles. The summed E-state index contributed by atoms with van der Waals surface area (Å²) in [7, 11) is 1.53. The zero-order valence-electron chi connectivity index (χ0n) is 14.0. The maximum Gasteiger partial charge on any atom is 0.283 e. The smallest absolute Gasteiger partial charge is 0.283 e. The van der Waals surface area contributed by atoms with E-state index in [0.717, 1.165) is 31.3 Å². The average molecular weight is 369 g/mol. The lowest BCUT2D eigenvalue weighted by Crippen LogP contribution is -2.41. The van der Waals surface area contributed by atoms with Crippen LogP contribution < -0.4 is 4.74 Å². The number of benzene rings is 1. The Morgan fingerprint density at radius 3 is 2.92 bits per heavy atom. The van der Waals surface area contributed by atoms with Crippen molar-refractivity contribution in [3.8, 4) is 5.75 Å². The number of aliphatic imine (C=N–C) groups is 1. The number of amidine groups is 1. The molecule has 2 fully saturated rings. The van der Waals surface area contributed by atoms with Gasteiger partial charge in [0.05, 0.1) is 18.8 Å². The molecule has 0 spiro atoms. The summed E-state index contributed by atoms with van der Waals surface area (Å²) in [6, 6.07) is 4.97. The van der Waals surface area contributed by atoms with Crippen LogP contribution in [0.3, 0.4) is 0 Å². The van der Waals surface area contributed by atoms with E-state index in [1.54, 1.807) is 30.0 Å². The van der Waals surface area contributed by atoms with Crippen LogP contribution in [0.25, 0.3) is 0 Å². The largest absolute Gasteiger partial charge is 0.496 e. The van der Waals surface area contributed by atoms with E-state index in [1.807, 2.05) is 0 Å². The quantitative estimate of drug-likeness (QED) is 0.814. The van der Waals surface area contributed by atoms with E-state index in [1.165, 1.54) is 7.11 Å². The SMILES string of the molecule is COc1ccc(Cl)cc1C(=O)N=C1SC(C)(C)CN1CC1CCO1. The van der Waals surface area contributed by atoms with Gasteiger partial charge in [-0.25, -0.2) is 0 Å². The fourth-order valence-corrected chi connectivity index (χ4v) is 4.06. The highest BCUT2D eigenvalue weighted by Crippen LogP contribution is 2.36. The van der Waals surface area contributed by atoms with Crippen LogP contribution in [0.1, 0.15) is 30.6 Å². The zero-order chi connectivity index (χ0) is 17.3. The summed E-state index contributed by atoms with van der Waals surface area (Å²) in [4.78, 5) is 19.2. The molecule has 0 saturated carbocycles. The molecule has 1 aromatic rings. The highest BCUT2D eigenvalue weighted by molar-refractivity contribution is 8.15. The van der Waals surface area contributed by atoms with Crippen molar-refractivity contribution >= 4 is 34.4 Å². The van der Waals surface area contributed by atoms with Gasteiger partial charge in [0.15, 0.2) is 5.17 Å². The van der Waals surface area contributed by atoms with Gasteiger partial charge in [-0.3, -0.25) is 4.79 Å². The van der Waals surface area contributed by atoms with Crippen molar-refractivity contribution in [1.82, 2.24) is 4.90 Å². The summed E-state index contributed by atoms with van der Waals surface area (Å²) in [5.74, 6) is 0.138. The standard InChI is InChI=1S/C17H21ClN2O3S/c1-17(2)10-20(9-12-6-7-23-12)16(24-17)19-15(21)13-8-11(18)4-5-14(13)22-3/h4-5,8,12H,6-7,9-10H2,1-3H3. The topological polar surface area (TPSA) is 51.1 Å². The molecule has 1 amide bonds. The van der Waals surface area contributed by atoms with E-state index in [9.17, 15) is 4.79 Å². The molecule has 1 aromatic carbocycles. The van der Waals surface area contributed by atoms with Crippen molar-refractivity contribution in [3.05, 3.63) is 28.8 Å². The zero-order valence-corrected chi connectivity index (χ0v) is 15.6. The van der Waals surface area contributed by atoms with Gasteiger partial charge < -0.3 is 14.4 Å². The molecule has 1 atom stereocenters. The fraction of sp³-hybridized carbons (Fsp3) is 0.529. The summed E-state index contributed by atoms with van der Waals surface area (Å²) >= 11 is 7.63. The van der Waals surface area contributed by atoms with Gasteiger partial charge >= 0.3 is 0 Å². The minimum Gasteiger partial charge on any atom is -0.496 e. The Balaban J connectivity index is 1.84. The number of hydrogen-bond acceptors (Lipinski definition) is 4. The molecular weight excluding hydrogens is 348 g/mol. The maximum absolute atomic E-state index is 12.7. The monoisotopic (exact) mass is 368 g/mol. The number of hydrogen-bond donors (Lipinski definition) is 0. The molecule has 0 N–H and O–H groups in total. The van der Waals surface area contributed by atoms with E-state index in [2.05, 4.69) is 23.7 Å². The third kappa shape index (κ3) is 3.87. The number of halogens is 1. The number of amides is 1. The first-order valence-electron chi connectivity index (χ1n) is 7.90. The van der Waals surface area contributed by atoms with E-state index in [-0.39, 0.29) is 16.8 Å². The Morgan fingerprint density at radius 1 is 1.54 bits per heavy atom. The van der Waals surface area contributed by atoms with Crippen molar-refractivity contribution in [3.63, 3.8) is 0 Å². The lowest BCUT2D eigenvalue weighted by Gasteiger charge is -2.31. The van der Waals surface area contributed by atoms with Crippen LogP contribution in [-0.4, -0.2) is 53.6 Å². The molecule has 5 nitrogen and oxygen atoms in total. The fourth-order valence-electron chi connectivity index (χ4n) is 2.78. The highest BCUT2D eigenvalue weighted by atomic mass is 35.5. The second-order valence-corrected chi connectivity index (χ2v) is 8.68. The van der Waals surface area contributed by atoms with Crippen LogP contribution in [0.5, 0.6) is 5.75 Å². The number of ether oxygens (including phenoxy) is 2. The molecule has 0 aliphatic carbocycles. The van der Waals surface area contributed by atoms with Crippen molar-refractivity contribution in [2.75, 3.05) is 26.8 Å². The maximum atomic E-state index is 12.7. The first-order valence-corrected chi connectivity index (χ1v) is 9.09. The molecule has 2 aliphatic rings. The number of carbonyl (C=O) groups is 1. The molecule has 24 heavy (non-hydrogen) atoms. The number of methoxy groups -OCH3 is 1. The average Bonchev–Trinajstić information content (AvgIpc) is 2.76. The van der Waals surface area contributed by atoms with E-state index in [0.29, 0.717) is 16.3 Å². The van der Waals surface area contributed by atoms with Crippen LogP contribution in [0, 0.1) is 0 Å². The van der Waals surface area contributed by atoms with Crippen molar-refractivity contribution < 1.29 is 14.3 Å². The van der Waals surface area contributed by atoms with E-state index >= 15 is 0 Å². The second-order valence-electron chi connectivity index (χ2n) is 6.57. The molecular formula is C17H21ClN2O3S. The molecule has 3 rings (SSSR count). The third-order valence-corrected chi connectivity index (χ3v) is 5.47. The van der Waals surface area contributed by atoms with E-state index in [4.69, 9.17) is 21.1 Å². The Kier molecular flexibility index (Phi) is 5.08. The number of carbonyl (C=O) groups excluding carboxylic acids is 1. The molecule has 130 valence electrons. The molecule has 0 radical (unpaired) electrons. The molecule has 7 heteroatoms. The summed E-state index contributed by atoms with van der Waals surface area (Å²) in [6.45, 7) is 6.74. The summed E-state index contributed by atoms with van der Waals surface area (Å²) in [6.07, 6.45) is 1.30. The predicted molar refractivity (Wildman–Crippen MR) is 97.4 cm³/mol. The lowest BCUT2D eigenvalue weighted by molar-refractivity contribution is -0.0586. The third-order valence-electron chi connectivity index (χ3n) is 4.02. The second kappa shape index (κ2) is 6.94. The highest BCUT2D eigenvalue weighted by Gasteiger charge is 2.37. The van der Waals surface area contributed by atoms with Crippen LogP contribution in [0.4, 0.5) is 0 Å². The van der Waals surface area contributed by atoms with Crippen LogP contribution >= 0.6 is 23.4 Å². The van der Waals surface area contributed by atoms with Crippen LogP contribution in [0.15, 0.2) is 23.2 Å². The molecule has 0 aromatic heterocycles. The van der Waals surface area contributed by atoms with Gasteiger partial charge in [-0.2, -0.15) is 4.99 Å². The Morgan fingerprint density at radius 2 is 2.29 bits per heavy atom. The van der Waals surface area contributed by atoms with Crippen LogP contribution in [-0.2, 0) is 4.74 Å². The number of thioether (sulfide) groups is 1. The van der Waals surface area contributed by atoms with Gasteiger partial charge in [0.1, 0.15) is 5.75 Å². The van der Waals surface area contributed by atoms with Gasteiger partial charge in [-0.15, -0.1) is 0 Å². The first-order chi connectivity index (χ1) is 11.4. The lowest BCUT2D eigenvalue weighted by atomic mass is 10.1. The first kappa shape index (κ1) is 17.6. The Labute approximate surface area is 151 Å². The summed E-state index contributed by atoms with van der Waals surface area (Å²) in [5.41, 5.74) is 0.377. The number of nitrogens with zero attached hydrogens (tertiary/aromatic N) is 2. The van der Waals surface area contributed by atoms with Gasteiger partial charge in [-0.1, -0.05) is 23.4 Å². The van der Waals surface area contributed by atoms with Crippen molar-refractivity contribution in [2.45, 2.75) is 31.1 Å². The van der Waals surface area contributed by atoms with Crippen molar-refractivity contribution in [2.24, 2.45) is 4.99 Å². The Bertz CT molecular complexity index is 674. The predicted octanol–water partition coefficient (Wildman–Crippen LogP) is 3.46. The minimum atomic E-state index is -0.339. The Hall–Kier alpha value is -1.24. The molecule has 1 unspecified atom stereocenters. The van der Waals surface area contributed by atoms with Gasteiger partial charge in [0, 0.05) is 29.5 Å². The van der Waals surface area contributed by atoms with Gasteiger partial charge in [0.25, 0.3) is 5.91 Å². The van der Waals surface area contributed by atoms with Crippen LogP contribution in [0.2, 0.25) is 5.02 Å². The molecule has 2 heterocycles.